The summed E-state index contributed by atoms with van der Waals surface area (Å²) in [7, 11) is -4.59. The molecule has 12 heteroatoms. The van der Waals surface area contributed by atoms with Crippen LogP contribution in [-0.2, 0) is 14.4 Å². The molecular weight excluding hydrogens is 503 g/mol. The van der Waals surface area contributed by atoms with Crippen molar-refractivity contribution in [2.75, 3.05) is 6.26 Å². The number of halogens is 7. The maximum atomic E-state index is 14.4. The monoisotopic (exact) mass is 519 g/mol. The topological polar surface area (TPSA) is 55.7 Å². The van der Waals surface area contributed by atoms with Crippen molar-refractivity contribution < 1.29 is 43.4 Å². The van der Waals surface area contributed by atoms with Gasteiger partial charge in [-0.05, 0) is 22.3 Å². The van der Waals surface area contributed by atoms with E-state index in [1.54, 1.807) is 24.3 Å². The van der Waals surface area contributed by atoms with Crippen molar-refractivity contribution in [3.8, 4) is 22.3 Å². The lowest BCUT2D eigenvalue weighted by atomic mass is 9.96. The molecule has 3 aromatic rings. The van der Waals surface area contributed by atoms with Gasteiger partial charge in [-0.2, -0.15) is 39.2 Å². The van der Waals surface area contributed by atoms with Crippen LogP contribution in [0.15, 0.2) is 84.0 Å². The van der Waals surface area contributed by atoms with Crippen molar-refractivity contribution in [1.29, 1.82) is 0 Å². The zero-order valence-electron chi connectivity index (χ0n) is 17.7. The summed E-state index contributed by atoms with van der Waals surface area (Å²) in [6, 6.07) is 20.3. The number of hydrogen-bond donors (Lipinski definition) is 0. The standard InChI is InChI=1S/C23H16F7NO3S/c1-35(32,33)34-31-20(21(24,25)22(26,27)23(28,29)30)19-13-11-18(12-14-19)17-9-7-16(8-10-17)15-5-3-2-4-6-15/h2-14H,1H3. The largest absolute Gasteiger partial charge is 0.460 e. The highest BCUT2D eigenvalue weighted by atomic mass is 32.2. The Labute approximate surface area is 195 Å². The van der Waals surface area contributed by atoms with Gasteiger partial charge in [0, 0.05) is 5.56 Å². The van der Waals surface area contributed by atoms with E-state index in [0.29, 0.717) is 17.4 Å². The van der Waals surface area contributed by atoms with E-state index in [-0.39, 0.29) is 0 Å². The molecule has 0 bridgehead atoms. The van der Waals surface area contributed by atoms with Crippen LogP contribution in [0, 0.1) is 0 Å². The van der Waals surface area contributed by atoms with E-state index in [1.807, 2.05) is 30.3 Å². The minimum atomic E-state index is -6.65. The minimum Gasteiger partial charge on any atom is -0.268 e. The highest BCUT2D eigenvalue weighted by Crippen LogP contribution is 2.48. The Hall–Kier alpha value is -3.41. The van der Waals surface area contributed by atoms with Crippen LogP contribution in [0.4, 0.5) is 30.7 Å². The highest BCUT2D eigenvalue weighted by Gasteiger charge is 2.75. The number of benzene rings is 3. The van der Waals surface area contributed by atoms with Gasteiger partial charge in [-0.15, -0.1) is 0 Å². The second-order valence-corrected chi connectivity index (χ2v) is 8.94. The molecule has 0 amide bonds. The molecule has 0 atom stereocenters. The normalized spacial score (nSPS) is 13.5. The molecule has 0 aromatic heterocycles. The molecule has 35 heavy (non-hydrogen) atoms. The van der Waals surface area contributed by atoms with E-state index in [9.17, 15) is 39.2 Å². The highest BCUT2D eigenvalue weighted by molar-refractivity contribution is 7.85. The fourth-order valence-corrected chi connectivity index (χ4v) is 3.24. The van der Waals surface area contributed by atoms with E-state index in [2.05, 4.69) is 9.44 Å². The van der Waals surface area contributed by atoms with Gasteiger partial charge in [0.15, 0.2) is 5.71 Å². The van der Waals surface area contributed by atoms with Gasteiger partial charge in [0.05, 0.1) is 6.26 Å². The van der Waals surface area contributed by atoms with Crippen LogP contribution in [0.25, 0.3) is 22.3 Å². The van der Waals surface area contributed by atoms with Crippen LogP contribution < -0.4 is 0 Å². The molecule has 4 nitrogen and oxygen atoms in total. The van der Waals surface area contributed by atoms with E-state index >= 15 is 0 Å². The first-order valence-corrected chi connectivity index (χ1v) is 11.5. The molecule has 0 saturated heterocycles. The molecule has 0 aliphatic carbocycles. The lowest BCUT2D eigenvalue weighted by Gasteiger charge is -2.28. The lowest BCUT2D eigenvalue weighted by Crippen LogP contribution is -2.56. The summed E-state index contributed by atoms with van der Waals surface area (Å²) >= 11 is 0. The predicted octanol–water partition coefficient (Wildman–Crippen LogP) is 6.53. The molecule has 0 saturated carbocycles. The van der Waals surface area contributed by atoms with Gasteiger partial charge in [-0.3, -0.25) is 4.28 Å². The van der Waals surface area contributed by atoms with Gasteiger partial charge < -0.3 is 0 Å². The van der Waals surface area contributed by atoms with Crippen LogP contribution in [0.3, 0.4) is 0 Å². The third-order valence-electron chi connectivity index (χ3n) is 4.80. The number of nitrogens with zero attached hydrogens (tertiary/aromatic N) is 1. The molecule has 0 unspecified atom stereocenters. The van der Waals surface area contributed by atoms with Crippen molar-refractivity contribution in [3.63, 3.8) is 0 Å². The van der Waals surface area contributed by atoms with Crippen molar-refractivity contribution in [2.45, 2.75) is 18.0 Å². The Morgan fingerprint density at radius 2 is 1.09 bits per heavy atom. The first kappa shape index (κ1) is 26.2. The molecule has 0 radical (unpaired) electrons. The molecule has 0 aliphatic heterocycles. The summed E-state index contributed by atoms with van der Waals surface area (Å²) in [5.74, 6) is -12.5. The van der Waals surface area contributed by atoms with E-state index in [0.717, 1.165) is 23.3 Å². The summed E-state index contributed by atoms with van der Waals surface area (Å²) in [6.45, 7) is 0. The summed E-state index contributed by atoms with van der Waals surface area (Å²) in [5, 5.41) is 2.46. The molecule has 0 heterocycles. The molecule has 186 valence electrons. The Bertz CT molecular complexity index is 1300. The molecule has 3 rings (SSSR count). The van der Waals surface area contributed by atoms with Crippen LogP contribution in [0.2, 0.25) is 0 Å². The van der Waals surface area contributed by atoms with Crippen molar-refractivity contribution in [1.82, 2.24) is 0 Å². The van der Waals surface area contributed by atoms with Crippen LogP contribution in [0.1, 0.15) is 5.56 Å². The van der Waals surface area contributed by atoms with E-state index < -0.39 is 39.4 Å². The van der Waals surface area contributed by atoms with Crippen molar-refractivity contribution >= 4 is 15.8 Å². The zero-order chi connectivity index (χ0) is 26.1. The lowest BCUT2D eigenvalue weighted by molar-refractivity contribution is -0.336. The van der Waals surface area contributed by atoms with Crippen molar-refractivity contribution in [2.24, 2.45) is 5.16 Å². The third-order valence-corrected chi connectivity index (χ3v) is 5.14. The Balaban J connectivity index is 1.99. The maximum absolute atomic E-state index is 14.4. The number of alkyl halides is 7. The fourth-order valence-electron chi connectivity index (χ4n) is 3.03. The zero-order valence-corrected chi connectivity index (χ0v) is 18.5. The molecule has 0 spiro atoms. The number of rotatable bonds is 7. The molecule has 0 fully saturated rings. The van der Waals surface area contributed by atoms with Gasteiger partial charge in [-0.25, -0.2) is 0 Å². The molecule has 0 aliphatic rings. The molecule has 0 N–H and O–H groups in total. The molecule has 3 aromatic carbocycles. The fraction of sp³-hybridized carbons (Fsp3) is 0.174. The van der Waals surface area contributed by atoms with Crippen LogP contribution in [0.5, 0.6) is 0 Å². The smallest absolute Gasteiger partial charge is 0.268 e. The number of hydrogen-bond acceptors (Lipinski definition) is 4. The Kier molecular flexibility index (Phi) is 6.98. The first-order chi connectivity index (χ1) is 16.1. The summed E-state index contributed by atoms with van der Waals surface area (Å²) in [4.78, 5) is 0. The quantitative estimate of drug-likeness (QED) is 0.203. The molecular formula is C23H16F7NO3S. The third kappa shape index (κ3) is 5.64. The average molecular weight is 519 g/mol. The summed E-state index contributed by atoms with van der Waals surface area (Å²) in [5.41, 5.74) is -0.262. The van der Waals surface area contributed by atoms with E-state index in [1.165, 1.54) is 12.1 Å². The minimum absolute atomic E-state index is 0.358. The maximum Gasteiger partial charge on any atom is 0.460 e. The predicted molar refractivity (Wildman–Crippen MR) is 116 cm³/mol. The van der Waals surface area contributed by atoms with Gasteiger partial charge in [0.1, 0.15) is 0 Å². The summed E-state index contributed by atoms with van der Waals surface area (Å²) in [6.07, 6.45) is -6.29. The van der Waals surface area contributed by atoms with Crippen LogP contribution >= 0.6 is 0 Å². The average Bonchev–Trinajstić information content (AvgIpc) is 2.78. The SMILES string of the molecule is CS(=O)(=O)ON=C(c1ccc(-c2ccc(-c3ccccc3)cc2)cc1)C(F)(F)C(F)(F)C(F)(F)F. The van der Waals surface area contributed by atoms with Gasteiger partial charge in [-0.1, -0.05) is 84.0 Å². The van der Waals surface area contributed by atoms with Crippen molar-refractivity contribution in [3.05, 3.63) is 84.4 Å². The Morgan fingerprint density at radius 3 is 1.49 bits per heavy atom. The first-order valence-electron chi connectivity index (χ1n) is 9.69. The second-order valence-electron chi connectivity index (χ2n) is 7.39. The Morgan fingerprint density at radius 1 is 0.686 bits per heavy atom. The van der Waals surface area contributed by atoms with E-state index in [4.69, 9.17) is 0 Å². The van der Waals surface area contributed by atoms with Gasteiger partial charge >= 0.3 is 28.1 Å². The number of oxime groups is 1. The second kappa shape index (κ2) is 9.33. The van der Waals surface area contributed by atoms with Gasteiger partial charge in [0.25, 0.3) is 0 Å². The van der Waals surface area contributed by atoms with Gasteiger partial charge in [0.2, 0.25) is 0 Å². The van der Waals surface area contributed by atoms with Crippen LogP contribution in [-0.4, -0.2) is 38.4 Å². The summed E-state index contributed by atoms with van der Waals surface area (Å²) < 4.78 is 120.